The van der Waals surface area contributed by atoms with E-state index >= 15 is 0 Å². The van der Waals surface area contributed by atoms with Crippen molar-refractivity contribution in [2.75, 3.05) is 10.6 Å². The van der Waals surface area contributed by atoms with Gasteiger partial charge in [0.15, 0.2) is 0 Å². The molecule has 1 aliphatic carbocycles. The maximum absolute atomic E-state index is 13.4. The van der Waals surface area contributed by atoms with Gasteiger partial charge in [0.2, 0.25) is 11.8 Å². The van der Waals surface area contributed by atoms with Gasteiger partial charge in [-0.3, -0.25) is 14.4 Å². The minimum absolute atomic E-state index is 0.200. The minimum atomic E-state index is -0.972. The zero-order valence-corrected chi connectivity index (χ0v) is 21.8. The molecule has 3 unspecified atom stereocenters. The number of carbonyl (C=O) groups is 3. The SMILES string of the molecule is Cc1c(Cl)cccc1NC(=O)C(Sc1cccc(NC(=O)C2CC=CCC2C(=O)O)c1)c1ccccc1. The average Bonchev–Trinajstić information content (AvgIpc) is 2.90. The van der Waals surface area contributed by atoms with E-state index in [2.05, 4.69) is 10.6 Å². The van der Waals surface area contributed by atoms with E-state index in [1.165, 1.54) is 11.8 Å². The normalized spacial score (nSPS) is 17.6. The first-order chi connectivity index (χ1) is 17.8. The summed E-state index contributed by atoms with van der Waals surface area (Å²) in [6.07, 6.45) is 4.37. The monoisotopic (exact) mass is 534 g/mol. The molecule has 190 valence electrons. The highest BCUT2D eigenvalue weighted by molar-refractivity contribution is 8.00. The minimum Gasteiger partial charge on any atom is -0.481 e. The summed E-state index contributed by atoms with van der Waals surface area (Å²) in [6, 6.07) is 22.1. The van der Waals surface area contributed by atoms with E-state index < -0.39 is 23.1 Å². The predicted octanol–water partition coefficient (Wildman–Crippen LogP) is 6.73. The number of amides is 2. The molecule has 0 spiro atoms. The Morgan fingerprint density at radius 3 is 2.35 bits per heavy atom. The number of allylic oxidation sites excluding steroid dienone is 2. The van der Waals surface area contributed by atoms with E-state index in [0.717, 1.165) is 16.0 Å². The van der Waals surface area contributed by atoms with Gasteiger partial charge in [-0.25, -0.2) is 0 Å². The van der Waals surface area contributed by atoms with Crippen LogP contribution in [-0.4, -0.2) is 22.9 Å². The first-order valence-corrected chi connectivity index (χ1v) is 13.2. The topological polar surface area (TPSA) is 95.5 Å². The number of carbonyl (C=O) groups excluding carboxylic acids is 2. The molecule has 0 fully saturated rings. The van der Waals surface area contributed by atoms with Gasteiger partial charge in [0.1, 0.15) is 5.25 Å². The van der Waals surface area contributed by atoms with Crippen molar-refractivity contribution in [1.82, 2.24) is 0 Å². The van der Waals surface area contributed by atoms with Gasteiger partial charge in [0, 0.05) is 21.3 Å². The van der Waals surface area contributed by atoms with Crippen molar-refractivity contribution in [3.8, 4) is 0 Å². The number of rotatable bonds is 8. The second-order valence-corrected chi connectivity index (χ2v) is 10.4. The van der Waals surface area contributed by atoms with Crippen molar-refractivity contribution in [3.05, 3.63) is 101 Å². The van der Waals surface area contributed by atoms with Crippen LogP contribution >= 0.6 is 23.4 Å². The number of hydrogen-bond donors (Lipinski definition) is 3. The molecular weight excluding hydrogens is 508 g/mol. The predicted molar refractivity (Wildman–Crippen MR) is 148 cm³/mol. The first kappa shape index (κ1) is 26.5. The summed E-state index contributed by atoms with van der Waals surface area (Å²) in [4.78, 5) is 38.7. The number of halogens is 1. The van der Waals surface area contributed by atoms with E-state index in [9.17, 15) is 19.5 Å². The molecule has 37 heavy (non-hydrogen) atoms. The maximum Gasteiger partial charge on any atom is 0.307 e. The molecule has 2 amide bonds. The largest absolute Gasteiger partial charge is 0.481 e. The van der Waals surface area contributed by atoms with Crippen molar-refractivity contribution in [1.29, 1.82) is 0 Å². The molecule has 0 radical (unpaired) electrons. The lowest BCUT2D eigenvalue weighted by atomic mass is 9.82. The maximum atomic E-state index is 13.4. The summed E-state index contributed by atoms with van der Waals surface area (Å²) in [5.74, 6) is -2.88. The Labute approximate surface area is 225 Å². The highest BCUT2D eigenvalue weighted by atomic mass is 35.5. The summed E-state index contributed by atoms with van der Waals surface area (Å²) >= 11 is 7.60. The van der Waals surface area contributed by atoms with Crippen LogP contribution < -0.4 is 10.6 Å². The molecule has 4 rings (SSSR count). The zero-order chi connectivity index (χ0) is 26.4. The van der Waals surface area contributed by atoms with Gasteiger partial charge in [0.05, 0.1) is 11.8 Å². The first-order valence-electron chi connectivity index (χ1n) is 11.9. The number of thioether (sulfide) groups is 1. The van der Waals surface area contributed by atoms with Crippen molar-refractivity contribution >= 4 is 52.5 Å². The Kier molecular flexibility index (Phi) is 8.69. The lowest BCUT2D eigenvalue weighted by Gasteiger charge is -2.24. The number of benzene rings is 3. The fourth-order valence-electron chi connectivity index (χ4n) is 4.24. The molecule has 0 saturated carbocycles. The van der Waals surface area contributed by atoms with Crippen LogP contribution in [0.2, 0.25) is 5.02 Å². The fraction of sp³-hybridized carbons (Fsp3) is 0.207. The Morgan fingerprint density at radius 2 is 1.62 bits per heavy atom. The number of hydrogen-bond acceptors (Lipinski definition) is 4. The lowest BCUT2D eigenvalue weighted by molar-refractivity contribution is -0.146. The molecule has 8 heteroatoms. The summed E-state index contributed by atoms with van der Waals surface area (Å²) in [7, 11) is 0. The summed E-state index contributed by atoms with van der Waals surface area (Å²) in [5.41, 5.74) is 2.81. The van der Waals surface area contributed by atoms with E-state index in [1.807, 2.05) is 55.5 Å². The van der Waals surface area contributed by atoms with Gasteiger partial charge < -0.3 is 15.7 Å². The average molecular weight is 535 g/mol. The van der Waals surface area contributed by atoms with Crippen molar-refractivity contribution in [2.24, 2.45) is 11.8 Å². The Morgan fingerprint density at radius 1 is 0.919 bits per heavy atom. The third kappa shape index (κ3) is 6.61. The van der Waals surface area contributed by atoms with E-state index in [-0.39, 0.29) is 11.8 Å². The molecule has 6 nitrogen and oxygen atoms in total. The highest BCUT2D eigenvalue weighted by Gasteiger charge is 2.34. The molecule has 3 N–H and O–H groups in total. The molecule has 3 aromatic carbocycles. The van der Waals surface area contributed by atoms with Crippen LogP contribution in [0.1, 0.15) is 29.2 Å². The number of carboxylic acid groups (broad SMARTS) is 1. The van der Waals surface area contributed by atoms with E-state index in [4.69, 9.17) is 11.6 Å². The summed E-state index contributed by atoms with van der Waals surface area (Å²) in [5, 5.41) is 15.4. The molecule has 0 bridgehead atoms. The Balaban J connectivity index is 1.54. The lowest BCUT2D eigenvalue weighted by Crippen LogP contribution is -2.34. The van der Waals surface area contributed by atoms with Gasteiger partial charge in [0.25, 0.3) is 0 Å². The van der Waals surface area contributed by atoms with Crippen LogP contribution in [0.25, 0.3) is 0 Å². The fourth-order valence-corrected chi connectivity index (χ4v) is 5.50. The van der Waals surface area contributed by atoms with Crippen molar-refractivity contribution < 1.29 is 19.5 Å². The smallest absolute Gasteiger partial charge is 0.307 e. The Bertz CT molecular complexity index is 1330. The zero-order valence-electron chi connectivity index (χ0n) is 20.2. The second-order valence-electron chi connectivity index (χ2n) is 8.82. The molecule has 0 saturated heterocycles. The molecule has 3 atom stereocenters. The van der Waals surface area contributed by atoms with E-state index in [1.54, 1.807) is 36.4 Å². The molecule has 3 aromatic rings. The summed E-state index contributed by atoms with van der Waals surface area (Å²) in [6.45, 7) is 1.85. The van der Waals surface area contributed by atoms with Gasteiger partial charge in [-0.1, -0.05) is 66.2 Å². The van der Waals surface area contributed by atoms with Crippen LogP contribution in [0.5, 0.6) is 0 Å². The van der Waals surface area contributed by atoms with E-state index in [0.29, 0.717) is 29.2 Å². The van der Waals surface area contributed by atoms with Crippen molar-refractivity contribution in [3.63, 3.8) is 0 Å². The molecule has 0 heterocycles. The van der Waals surface area contributed by atoms with Crippen LogP contribution in [0, 0.1) is 18.8 Å². The van der Waals surface area contributed by atoms with Gasteiger partial charge in [-0.05, 0) is 61.2 Å². The number of nitrogens with one attached hydrogen (secondary N) is 2. The molecule has 0 aliphatic heterocycles. The summed E-state index contributed by atoms with van der Waals surface area (Å²) < 4.78 is 0. The molecular formula is C29H27ClN2O4S. The van der Waals surface area contributed by atoms with Crippen molar-refractivity contribution in [2.45, 2.75) is 29.9 Å². The van der Waals surface area contributed by atoms with Gasteiger partial charge >= 0.3 is 5.97 Å². The number of carboxylic acids is 1. The Hall–Kier alpha value is -3.55. The quantitative estimate of drug-likeness (QED) is 0.220. The standard InChI is InChI=1S/C29H27ClN2O4S/c1-18-24(30)15-8-16-25(18)32-28(34)26(19-9-3-2-4-10-19)37-21-12-7-11-20(17-21)31-27(33)22-13-5-6-14-23(22)29(35)36/h2-12,15-17,22-23,26H,13-14H2,1H3,(H,31,33)(H,32,34)(H,35,36). The number of aliphatic carboxylic acids is 1. The van der Waals surface area contributed by atoms with Crippen LogP contribution in [0.15, 0.2) is 89.8 Å². The second kappa shape index (κ2) is 12.1. The van der Waals surface area contributed by atoms with Crippen LogP contribution in [0.3, 0.4) is 0 Å². The van der Waals surface area contributed by atoms with Gasteiger partial charge in [-0.2, -0.15) is 0 Å². The highest BCUT2D eigenvalue weighted by Crippen LogP contribution is 2.38. The molecule has 1 aliphatic rings. The van der Waals surface area contributed by atoms with Crippen LogP contribution in [0.4, 0.5) is 11.4 Å². The third-order valence-corrected chi connectivity index (χ3v) is 7.97. The molecule has 0 aromatic heterocycles. The van der Waals surface area contributed by atoms with Crippen LogP contribution in [-0.2, 0) is 14.4 Å². The van der Waals surface area contributed by atoms with Gasteiger partial charge in [-0.15, -0.1) is 11.8 Å². The third-order valence-electron chi connectivity index (χ3n) is 6.31. The number of anilines is 2.